The molecule has 0 bridgehead atoms. The fraction of sp³-hybridized carbons (Fsp3) is 0.538. The van der Waals surface area contributed by atoms with Gasteiger partial charge >= 0.3 is 0 Å². The number of aliphatic hydroxyl groups excluding tert-OH is 1. The van der Waals surface area contributed by atoms with Crippen LogP contribution in [0.1, 0.15) is 6.42 Å². The van der Waals surface area contributed by atoms with E-state index in [0.717, 1.165) is 0 Å². The highest BCUT2D eigenvalue weighted by atomic mass is 79.9. The number of rotatable bonds is 6. The smallest absolute Gasteiger partial charge is 0.136 e. The largest absolute Gasteiger partial charge is 0.486 e. The fourth-order valence-corrected chi connectivity index (χ4v) is 2.23. The SMILES string of the molecule is COCCOC1C(O)CC1Oc1cc(F)ccc1Br. The molecule has 1 aromatic rings. The molecule has 0 spiro atoms. The van der Waals surface area contributed by atoms with Crippen molar-refractivity contribution in [3.05, 3.63) is 28.5 Å². The van der Waals surface area contributed by atoms with E-state index in [2.05, 4.69) is 15.9 Å². The lowest BCUT2D eigenvalue weighted by atomic mass is 9.88. The van der Waals surface area contributed by atoms with Gasteiger partial charge < -0.3 is 19.3 Å². The van der Waals surface area contributed by atoms with E-state index in [1.165, 1.54) is 12.1 Å². The Kier molecular flexibility index (Phi) is 5.15. The fourth-order valence-electron chi connectivity index (χ4n) is 1.89. The minimum absolute atomic E-state index is 0.273. The Bertz CT molecular complexity index is 429. The zero-order chi connectivity index (χ0) is 13.8. The van der Waals surface area contributed by atoms with Crippen molar-refractivity contribution in [3.8, 4) is 5.75 Å². The molecule has 1 aliphatic carbocycles. The van der Waals surface area contributed by atoms with Crippen molar-refractivity contribution in [2.45, 2.75) is 24.7 Å². The van der Waals surface area contributed by atoms with E-state index in [1.807, 2.05) is 0 Å². The summed E-state index contributed by atoms with van der Waals surface area (Å²) >= 11 is 3.30. The number of aliphatic hydroxyl groups is 1. The number of benzene rings is 1. The van der Waals surface area contributed by atoms with Gasteiger partial charge in [-0.1, -0.05) is 0 Å². The zero-order valence-electron chi connectivity index (χ0n) is 10.5. The summed E-state index contributed by atoms with van der Waals surface area (Å²) in [5.74, 6) is 0.0483. The highest BCUT2D eigenvalue weighted by Gasteiger charge is 2.43. The molecule has 0 radical (unpaired) electrons. The number of hydrogen-bond donors (Lipinski definition) is 1. The van der Waals surface area contributed by atoms with Crippen LogP contribution in [0.5, 0.6) is 5.75 Å². The lowest BCUT2D eigenvalue weighted by Crippen LogP contribution is -2.55. The molecular formula is C13H16BrFO4. The monoisotopic (exact) mass is 334 g/mol. The van der Waals surface area contributed by atoms with Crippen molar-refractivity contribution in [2.24, 2.45) is 0 Å². The van der Waals surface area contributed by atoms with E-state index in [-0.39, 0.29) is 11.9 Å². The molecule has 3 atom stereocenters. The molecule has 0 heterocycles. The first kappa shape index (κ1) is 14.7. The van der Waals surface area contributed by atoms with E-state index in [9.17, 15) is 9.50 Å². The van der Waals surface area contributed by atoms with Gasteiger partial charge in [0.1, 0.15) is 23.8 Å². The number of methoxy groups -OCH3 is 1. The van der Waals surface area contributed by atoms with Crippen molar-refractivity contribution >= 4 is 15.9 Å². The summed E-state index contributed by atoms with van der Waals surface area (Å²) in [5, 5.41) is 9.65. The minimum Gasteiger partial charge on any atom is -0.486 e. The standard InChI is InChI=1S/C13H16BrFO4/c1-17-4-5-18-13-10(16)7-12(13)19-11-6-8(15)2-3-9(11)14/h2-3,6,10,12-13,16H,4-5,7H2,1H3. The molecule has 2 rings (SSSR count). The van der Waals surface area contributed by atoms with Gasteiger partial charge in [0.05, 0.1) is 23.8 Å². The maximum absolute atomic E-state index is 13.1. The predicted molar refractivity (Wildman–Crippen MR) is 70.8 cm³/mol. The topological polar surface area (TPSA) is 47.9 Å². The van der Waals surface area contributed by atoms with Gasteiger partial charge in [-0.3, -0.25) is 0 Å². The second kappa shape index (κ2) is 6.65. The van der Waals surface area contributed by atoms with Crippen LogP contribution in [0.25, 0.3) is 0 Å². The van der Waals surface area contributed by atoms with E-state index in [1.54, 1.807) is 13.2 Å². The van der Waals surface area contributed by atoms with Crippen LogP contribution in [-0.4, -0.2) is 43.7 Å². The van der Waals surface area contributed by atoms with Gasteiger partial charge in [-0.25, -0.2) is 4.39 Å². The summed E-state index contributed by atoms with van der Waals surface area (Å²) in [6.45, 7) is 0.849. The van der Waals surface area contributed by atoms with E-state index in [4.69, 9.17) is 14.2 Å². The third kappa shape index (κ3) is 3.66. The average molecular weight is 335 g/mol. The van der Waals surface area contributed by atoms with Crippen LogP contribution in [0.2, 0.25) is 0 Å². The average Bonchev–Trinajstić information content (AvgIpc) is 2.38. The quantitative estimate of drug-likeness (QED) is 0.809. The molecule has 0 amide bonds. The van der Waals surface area contributed by atoms with Crippen LogP contribution in [0.3, 0.4) is 0 Å². The normalized spacial score (nSPS) is 26.0. The Morgan fingerprint density at radius 2 is 2.21 bits per heavy atom. The third-order valence-electron chi connectivity index (χ3n) is 2.99. The zero-order valence-corrected chi connectivity index (χ0v) is 12.1. The summed E-state index contributed by atoms with van der Waals surface area (Å²) < 4.78 is 29.8. The summed E-state index contributed by atoms with van der Waals surface area (Å²) in [7, 11) is 1.58. The molecule has 0 aromatic heterocycles. The van der Waals surface area contributed by atoms with Crippen LogP contribution in [0.15, 0.2) is 22.7 Å². The van der Waals surface area contributed by atoms with Gasteiger partial charge in [0.15, 0.2) is 0 Å². The molecule has 1 aromatic carbocycles. The van der Waals surface area contributed by atoms with Gasteiger partial charge in [0.25, 0.3) is 0 Å². The molecular weight excluding hydrogens is 319 g/mol. The van der Waals surface area contributed by atoms with E-state index < -0.39 is 12.2 Å². The second-order valence-electron chi connectivity index (χ2n) is 4.36. The first-order valence-electron chi connectivity index (χ1n) is 6.02. The number of halogens is 2. The first-order valence-corrected chi connectivity index (χ1v) is 6.81. The summed E-state index contributed by atoms with van der Waals surface area (Å²) in [4.78, 5) is 0. The van der Waals surface area contributed by atoms with Crippen LogP contribution in [0, 0.1) is 5.82 Å². The Morgan fingerprint density at radius 1 is 1.42 bits per heavy atom. The maximum atomic E-state index is 13.1. The Balaban J connectivity index is 1.93. The summed E-state index contributed by atoms with van der Waals surface area (Å²) in [5.41, 5.74) is 0. The van der Waals surface area contributed by atoms with E-state index >= 15 is 0 Å². The molecule has 1 fully saturated rings. The van der Waals surface area contributed by atoms with Crippen molar-refractivity contribution in [1.29, 1.82) is 0 Å². The van der Waals surface area contributed by atoms with Gasteiger partial charge in [0.2, 0.25) is 0 Å². The molecule has 4 nitrogen and oxygen atoms in total. The Labute approximate surface area is 119 Å². The highest BCUT2D eigenvalue weighted by molar-refractivity contribution is 9.10. The first-order chi connectivity index (χ1) is 9.11. The Hall–Kier alpha value is -0.690. The van der Waals surface area contributed by atoms with Crippen LogP contribution < -0.4 is 4.74 Å². The molecule has 1 N–H and O–H groups in total. The van der Waals surface area contributed by atoms with Crippen LogP contribution in [-0.2, 0) is 9.47 Å². The predicted octanol–water partition coefficient (Wildman–Crippen LogP) is 2.13. The van der Waals surface area contributed by atoms with Crippen molar-refractivity contribution in [3.63, 3.8) is 0 Å². The van der Waals surface area contributed by atoms with Crippen molar-refractivity contribution in [1.82, 2.24) is 0 Å². The molecule has 19 heavy (non-hydrogen) atoms. The molecule has 0 saturated heterocycles. The van der Waals surface area contributed by atoms with Crippen LogP contribution >= 0.6 is 15.9 Å². The van der Waals surface area contributed by atoms with Crippen molar-refractivity contribution < 1.29 is 23.7 Å². The lowest BCUT2D eigenvalue weighted by Gasteiger charge is -2.40. The van der Waals surface area contributed by atoms with E-state index in [0.29, 0.717) is 29.9 Å². The molecule has 1 saturated carbocycles. The molecule has 6 heteroatoms. The highest BCUT2D eigenvalue weighted by Crippen LogP contribution is 2.33. The Morgan fingerprint density at radius 3 is 2.89 bits per heavy atom. The van der Waals surface area contributed by atoms with Crippen LogP contribution in [0.4, 0.5) is 4.39 Å². The second-order valence-corrected chi connectivity index (χ2v) is 5.22. The van der Waals surface area contributed by atoms with Crippen molar-refractivity contribution in [2.75, 3.05) is 20.3 Å². The van der Waals surface area contributed by atoms with Gasteiger partial charge in [-0.05, 0) is 28.1 Å². The number of ether oxygens (including phenoxy) is 3. The van der Waals surface area contributed by atoms with Gasteiger partial charge in [-0.2, -0.15) is 0 Å². The lowest BCUT2D eigenvalue weighted by molar-refractivity contribution is -0.167. The number of hydrogen-bond acceptors (Lipinski definition) is 4. The third-order valence-corrected chi connectivity index (χ3v) is 3.64. The minimum atomic E-state index is -0.547. The van der Waals surface area contributed by atoms with Gasteiger partial charge in [-0.15, -0.1) is 0 Å². The summed E-state index contributed by atoms with van der Waals surface area (Å²) in [6.07, 6.45) is -0.745. The molecule has 3 unspecified atom stereocenters. The maximum Gasteiger partial charge on any atom is 0.136 e. The summed E-state index contributed by atoms with van der Waals surface area (Å²) in [6, 6.07) is 4.24. The molecule has 0 aliphatic heterocycles. The molecule has 1 aliphatic rings. The molecule has 106 valence electrons. The van der Waals surface area contributed by atoms with Gasteiger partial charge in [0, 0.05) is 19.6 Å².